The first-order valence-electron chi connectivity index (χ1n) is 2.62. The molecule has 0 saturated carbocycles. The highest BCUT2D eigenvalue weighted by Crippen LogP contribution is 2.21. The average Bonchev–Trinajstić information content (AvgIpc) is 1.63. The minimum absolute atomic E-state index is 0.0347. The average molecular weight is 139 g/mol. The zero-order valence-electron chi connectivity index (χ0n) is 4.83. The quantitative estimate of drug-likeness (QED) is 0.458. The number of halogens is 3. The highest BCUT2D eigenvalue weighted by atomic mass is 19.4. The first kappa shape index (κ1) is 8.46. The molecule has 54 valence electrons. The lowest BCUT2D eigenvalue weighted by Gasteiger charge is -2.02. The molecule has 9 heavy (non-hydrogen) atoms. The summed E-state index contributed by atoms with van der Waals surface area (Å²) in [6.07, 6.45) is -3.58. The third-order valence-electron chi connectivity index (χ3n) is 0.809. The SMILES string of the molecule is N=CCCCC(F)(F)F. The van der Waals surface area contributed by atoms with Crippen LogP contribution in [0.1, 0.15) is 19.3 Å². The molecule has 0 rings (SSSR count). The minimum Gasteiger partial charge on any atom is -0.313 e. The van der Waals surface area contributed by atoms with Crippen LogP contribution in [0.2, 0.25) is 0 Å². The van der Waals surface area contributed by atoms with Crippen LogP contribution in [-0.2, 0) is 0 Å². The second-order valence-corrected chi connectivity index (χ2v) is 1.71. The van der Waals surface area contributed by atoms with Crippen molar-refractivity contribution in [1.29, 1.82) is 5.41 Å². The van der Waals surface area contributed by atoms with Gasteiger partial charge in [-0.1, -0.05) is 0 Å². The third-order valence-corrected chi connectivity index (χ3v) is 0.809. The van der Waals surface area contributed by atoms with Gasteiger partial charge in [0.15, 0.2) is 0 Å². The van der Waals surface area contributed by atoms with Crippen molar-refractivity contribution in [1.82, 2.24) is 0 Å². The molecule has 1 nitrogen and oxygen atoms in total. The lowest BCUT2D eigenvalue weighted by Crippen LogP contribution is -2.06. The van der Waals surface area contributed by atoms with Crippen LogP contribution in [0.3, 0.4) is 0 Å². The first-order chi connectivity index (χ1) is 4.06. The van der Waals surface area contributed by atoms with Crippen LogP contribution in [-0.4, -0.2) is 12.4 Å². The molecule has 0 aliphatic carbocycles. The van der Waals surface area contributed by atoms with Gasteiger partial charge in [-0.3, -0.25) is 0 Å². The number of rotatable bonds is 3. The number of nitrogens with one attached hydrogen (secondary N) is 1. The Balaban J connectivity index is 3.17. The maximum absolute atomic E-state index is 11.3. The number of hydrogen-bond donors (Lipinski definition) is 1. The van der Waals surface area contributed by atoms with Gasteiger partial charge in [0.1, 0.15) is 0 Å². The maximum Gasteiger partial charge on any atom is 0.389 e. The van der Waals surface area contributed by atoms with E-state index in [1.807, 2.05) is 0 Å². The van der Waals surface area contributed by atoms with E-state index in [4.69, 9.17) is 5.41 Å². The molecule has 0 aliphatic heterocycles. The second kappa shape index (κ2) is 3.48. The van der Waals surface area contributed by atoms with Crippen LogP contribution >= 0.6 is 0 Å². The summed E-state index contributed by atoms with van der Waals surface area (Å²) in [7, 11) is 0. The van der Waals surface area contributed by atoms with Crippen molar-refractivity contribution in [2.24, 2.45) is 0 Å². The van der Waals surface area contributed by atoms with E-state index in [1.165, 1.54) is 0 Å². The van der Waals surface area contributed by atoms with E-state index in [1.54, 1.807) is 0 Å². The number of unbranched alkanes of at least 4 members (excludes halogenated alkanes) is 1. The smallest absolute Gasteiger partial charge is 0.313 e. The largest absolute Gasteiger partial charge is 0.389 e. The summed E-state index contributed by atoms with van der Waals surface area (Å²) in [5.41, 5.74) is 0. The molecule has 0 heterocycles. The molecule has 0 aromatic carbocycles. The van der Waals surface area contributed by atoms with E-state index in [0.717, 1.165) is 6.21 Å². The van der Waals surface area contributed by atoms with Crippen molar-refractivity contribution in [2.75, 3.05) is 0 Å². The van der Waals surface area contributed by atoms with Crippen LogP contribution in [0, 0.1) is 5.41 Å². The summed E-state index contributed by atoms with van der Waals surface area (Å²) in [5.74, 6) is 0. The standard InChI is InChI=1S/C5H8F3N/c6-5(7,8)3-1-2-4-9/h4,9H,1-3H2. The van der Waals surface area contributed by atoms with Crippen LogP contribution < -0.4 is 0 Å². The molecule has 4 heteroatoms. The van der Waals surface area contributed by atoms with Gasteiger partial charge in [0.05, 0.1) is 0 Å². The minimum atomic E-state index is -4.05. The molecule has 1 N–H and O–H groups in total. The van der Waals surface area contributed by atoms with Crippen molar-refractivity contribution in [2.45, 2.75) is 25.4 Å². The molecule has 0 fully saturated rings. The Hall–Kier alpha value is -0.540. The normalized spacial score (nSPS) is 11.4. The van der Waals surface area contributed by atoms with Gasteiger partial charge in [-0.2, -0.15) is 13.2 Å². The van der Waals surface area contributed by atoms with Gasteiger partial charge in [-0.25, -0.2) is 0 Å². The summed E-state index contributed by atoms with van der Waals surface area (Å²) < 4.78 is 33.9. The van der Waals surface area contributed by atoms with Gasteiger partial charge in [-0.15, -0.1) is 0 Å². The summed E-state index contributed by atoms with van der Waals surface area (Å²) in [5, 5.41) is 6.42. The molecular weight excluding hydrogens is 131 g/mol. The van der Waals surface area contributed by atoms with E-state index >= 15 is 0 Å². The van der Waals surface area contributed by atoms with Crippen LogP contribution in [0.25, 0.3) is 0 Å². The lowest BCUT2D eigenvalue weighted by molar-refractivity contribution is -0.135. The Bertz CT molecular complexity index is 86.7. The zero-order chi connectivity index (χ0) is 7.33. The Labute approximate surface area is 51.4 Å². The topological polar surface area (TPSA) is 23.9 Å². The van der Waals surface area contributed by atoms with Crippen LogP contribution in [0.5, 0.6) is 0 Å². The number of alkyl halides is 3. The van der Waals surface area contributed by atoms with Crippen molar-refractivity contribution in [3.05, 3.63) is 0 Å². The molecule has 0 aliphatic rings. The van der Waals surface area contributed by atoms with Gasteiger partial charge in [0.25, 0.3) is 0 Å². The van der Waals surface area contributed by atoms with Gasteiger partial charge < -0.3 is 5.41 Å². The zero-order valence-corrected chi connectivity index (χ0v) is 4.83. The summed E-state index contributed by atoms with van der Waals surface area (Å²) >= 11 is 0. The van der Waals surface area contributed by atoms with E-state index < -0.39 is 12.6 Å². The first-order valence-corrected chi connectivity index (χ1v) is 2.62. The maximum atomic E-state index is 11.3. The summed E-state index contributed by atoms with van der Waals surface area (Å²) in [6, 6.07) is 0. The van der Waals surface area contributed by atoms with Crippen molar-refractivity contribution < 1.29 is 13.2 Å². The fourth-order valence-corrected chi connectivity index (χ4v) is 0.405. The Morgan fingerprint density at radius 1 is 1.33 bits per heavy atom. The molecule has 0 unspecified atom stereocenters. The predicted molar refractivity (Wildman–Crippen MR) is 28.7 cm³/mol. The highest BCUT2D eigenvalue weighted by Gasteiger charge is 2.25. The van der Waals surface area contributed by atoms with Crippen LogP contribution in [0.15, 0.2) is 0 Å². The fraction of sp³-hybridized carbons (Fsp3) is 0.800. The lowest BCUT2D eigenvalue weighted by atomic mass is 10.2. The van der Waals surface area contributed by atoms with Crippen molar-refractivity contribution >= 4 is 6.21 Å². The Kier molecular flexibility index (Phi) is 3.27. The molecule has 0 aromatic heterocycles. The van der Waals surface area contributed by atoms with E-state index in [0.29, 0.717) is 0 Å². The highest BCUT2D eigenvalue weighted by molar-refractivity contribution is 5.52. The monoisotopic (exact) mass is 139 g/mol. The summed E-state index contributed by atoms with van der Waals surface area (Å²) in [6.45, 7) is 0. The second-order valence-electron chi connectivity index (χ2n) is 1.71. The number of hydrogen-bond acceptors (Lipinski definition) is 1. The Morgan fingerprint density at radius 3 is 2.22 bits per heavy atom. The van der Waals surface area contributed by atoms with Crippen molar-refractivity contribution in [3.8, 4) is 0 Å². The van der Waals surface area contributed by atoms with Gasteiger partial charge >= 0.3 is 6.18 Å². The molecule has 0 aromatic rings. The third kappa shape index (κ3) is 7.46. The summed E-state index contributed by atoms with van der Waals surface area (Å²) in [4.78, 5) is 0. The van der Waals surface area contributed by atoms with Crippen molar-refractivity contribution in [3.63, 3.8) is 0 Å². The van der Waals surface area contributed by atoms with E-state index in [2.05, 4.69) is 0 Å². The molecule has 0 atom stereocenters. The molecular formula is C5H8F3N. The predicted octanol–water partition coefficient (Wildman–Crippen LogP) is 2.37. The molecule has 0 amide bonds. The van der Waals surface area contributed by atoms with Gasteiger partial charge in [-0.05, 0) is 19.1 Å². The van der Waals surface area contributed by atoms with Gasteiger partial charge in [0, 0.05) is 6.42 Å². The van der Waals surface area contributed by atoms with Gasteiger partial charge in [0.2, 0.25) is 0 Å². The molecule has 0 radical (unpaired) electrons. The molecule has 0 saturated heterocycles. The van der Waals surface area contributed by atoms with Crippen LogP contribution in [0.4, 0.5) is 13.2 Å². The molecule has 0 spiro atoms. The van der Waals surface area contributed by atoms with E-state index in [9.17, 15) is 13.2 Å². The molecule has 0 bridgehead atoms. The van der Waals surface area contributed by atoms with E-state index in [-0.39, 0.29) is 12.8 Å². The Morgan fingerprint density at radius 2 is 1.89 bits per heavy atom. The fourth-order valence-electron chi connectivity index (χ4n) is 0.405.